The van der Waals surface area contributed by atoms with E-state index in [1.165, 1.54) is 11.1 Å². The predicted octanol–water partition coefficient (Wildman–Crippen LogP) is 7.11. The SMILES string of the molecule is CC(C)Cc1ccc(C(=O)O)cc1.CC(C)Cc1ccc(C(=O)O)cc1.CCCC(O)C(C)C(O)CCC. The Morgan fingerprint density at radius 3 is 1.11 bits per heavy atom. The molecule has 0 spiro atoms. The minimum Gasteiger partial charge on any atom is -0.478 e. The van der Waals surface area contributed by atoms with Crippen LogP contribution in [0.4, 0.5) is 0 Å². The third-order valence-corrected chi connectivity index (χ3v) is 6.07. The minimum atomic E-state index is -0.865. The highest BCUT2D eigenvalue weighted by Crippen LogP contribution is 2.16. The van der Waals surface area contributed by atoms with Gasteiger partial charge in [-0.2, -0.15) is 0 Å². The maximum Gasteiger partial charge on any atom is 0.335 e. The largest absolute Gasteiger partial charge is 0.478 e. The van der Waals surface area contributed by atoms with Crippen molar-refractivity contribution in [2.45, 2.75) is 99.2 Å². The van der Waals surface area contributed by atoms with Gasteiger partial charge in [-0.15, -0.1) is 0 Å². The molecule has 38 heavy (non-hydrogen) atoms. The summed E-state index contributed by atoms with van der Waals surface area (Å²) in [6.07, 6.45) is 4.87. The predicted molar refractivity (Wildman–Crippen MR) is 155 cm³/mol. The molecule has 0 saturated heterocycles. The number of hydrogen-bond acceptors (Lipinski definition) is 4. The van der Waals surface area contributed by atoms with Gasteiger partial charge < -0.3 is 20.4 Å². The summed E-state index contributed by atoms with van der Waals surface area (Å²) in [4.78, 5) is 21.1. The highest BCUT2D eigenvalue weighted by atomic mass is 16.4. The van der Waals surface area contributed by atoms with Crippen LogP contribution in [0.5, 0.6) is 0 Å². The van der Waals surface area contributed by atoms with Crippen molar-refractivity contribution >= 4 is 11.9 Å². The topological polar surface area (TPSA) is 115 Å². The van der Waals surface area contributed by atoms with Crippen molar-refractivity contribution in [2.24, 2.45) is 17.8 Å². The first kappa shape index (κ1) is 35.3. The van der Waals surface area contributed by atoms with Crippen molar-refractivity contribution < 1.29 is 30.0 Å². The van der Waals surface area contributed by atoms with Gasteiger partial charge in [0.05, 0.1) is 23.3 Å². The van der Waals surface area contributed by atoms with Gasteiger partial charge in [0, 0.05) is 5.92 Å². The van der Waals surface area contributed by atoms with E-state index in [2.05, 4.69) is 27.7 Å². The van der Waals surface area contributed by atoms with Crippen LogP contribution in [0.15, 0.2) is 48.5 Å². The molecule has 0 radical (unpaired) electrons. The second-order valence-corrected chi connectivity index (χ2v) is 10.8. The molecule has 0 aliphatic heterocycles. The summed E-state index contributed by atoms with van der Waals surface area (Å²) in [5, 5.41) is 36.4. The van der Waals surface area contributed by atoms with E-state index in [0.29, 0.717) is 23.0 Å². The first-order valence-corrected chi connectivity index (χ1v) is 13.8. The summed E-state index contributed by atoms with van der Waals surface area (Å²) in [6.45, 7) is 14.6. The number of carboxylic acids is 2. The van der Waals surface area contributed by atoms with Crippen LogP contribution in [0.2, 0.25) is 0 Å². The Kier molecular flexibility index (Phi) is 18.0. The molecule has 0 fully saturated rings. The van der Waals surface area contributed by atoms with Crippen molar-refractivity contribution in [2.75, 3.05) is 0 Å². The summed E-state index contributed by atoms with van der Waals surface area (Å²) in [5.41, 5.74) is 3.10. The third-order valence-electron chi connectivity index (χ3n) is 6.07. The Balaban J connectivity index is 0.000000541. The Morgan fingerprint density at radius 1 is 0.605 bits per heavy atom. The standard InChI is InChI=1S/2C11H14O2.C10H22O2/c2*1-8(2)7-9-3-5-10(6-4-9)11(12)13;1-4-6-9(11)8(3)10(12)7-5-2/h2*3-6,8H,7H2,1-2H3,(H,12,13);8-12H,4-7H2,1-3H3. The number of benzene rings is 2. The monoisotopic (exact) mass is 530 g/mol. The molecule has 2 rings (SSSR count). The second kappa shape index (κ2) is 19.4. The summed E-state index contributed by atoms with van der Waals surface area (Å²) in [5.74, 6) is -0.497. The van der Waals surface area contributed by atoms with Gasteiger partial charge in [0.2, 0.25) is 0 Å². The quantitative estimate of drug-likeness (QED) is 0.232. The van der Waals surface area contributed by atoms with Gasteiger partial charge in [0.25, 0.3) is 0 Å². The first-order chi connectivity index (χ1) is 17.8. The Bertz CT molecular complexity index is 827. The summed E-state index contributed by atoms with van der Waals surface area (Å²) in [6, 6.07) is 14.1. The van der Waals surface area contributed by atoms with E-state index >= 15 is 0 Å². The van der Waals surface area contributed by atoms with Gasteiger partial charge in [0.1, 0.15) is 0 Å². The molecule has 214 valence electrons. The number of aromatic carboxylic acids is 2. The number of aliphatic hydroxyl groups is 2. The zero-order valence-corrected chi connectivity index (χ0v) is 24.4. The van der Waals surface area contributed by atoms with Crippen LogP contribution in [-0.4, -0.2) is 44.6 Å². The van der Waals surface area contributed by atoms with E-state index in [1.807, 2.05) is 45.0 Å². The third kappa shape index (κ3) is 15.5. The van der Waals surface area contributed by atoms with Crippen molar-refractivity contribution in [3.63, 3.8) is 0 Å². The first-order valence-electron chi connectivity index (χ1n) is 13.8. The van der Waals surface area contributed by atoms with Gasteiger partial charge in [-0.3, -0.25) is 0 Å². The maximum atomic E-state index is 10.5. The molecular weight excluding hydrogens is 480 g/mol. The summed E-state index contributed by atoms with van der Waals surface area (Å²) < 4.78 is 0. The lowest BCUT2D eigenvalue weighted by Gasteiger charge is -2.23. The lowest BCUT2D eigenvalue weighted by Crippen LogP contribution is -2.29. The molecule has 2 aromatic carbocycles. The number of aliphatic hydroxyl groups excluding tert-OH is 2. The Morgan fingerprint density at radius 2 is 0.895 bits per heavy atom. The molecule has 0 aliphatic rings. The van der Waals surface area contributed by atoms with Crippen molar-refractivity contribution in [3.8, 4) is 0 Å². The average Bonchev–Trinajstić information content (AvgIpc) is 2.84. The van der Waals surface area contributed by atoms with Crippen LogP contribution in [0.3, 0.4) is 0 Å². The molecule has 0 bridgehead atoms. The fourth-order valence-electron chi connectivity index (χ4n) is 3.88. The van der Waals surface area contributed by atoms with Crippen LogP contribution in [0.1, 0.15) is 106 Å². The lowest BCUT2D eigenvalue weighted by molar-refractivity contribution is 0.0132. The second-order valence-electron chi connectivity index (χ2n) is 10.8. The molecule has 0 aromatic heterocycles. The molecule has 2 aromatic rings. The van der Waals surface area contributed by atoms with E-state index < -0.39 is 11.9 Å². The van der Waals surface area contributed by atoms with Gasteiger partial charge in [-0.05, 0) is 72.9 Å². The number of carbonyl (C=O) groups is 2. The molecule has 0 heterocycles. The van der Waals surface area contributed by atoms with Gasteiger partial charge in [0.15, 0.2) is 0 Å². The lowest BCUT2D eigenvalue weighted by atomic mass is 9.92. The number of hydrogen-bond donors (Lipinski definition) is 4. The van der Waals surface area contributed by atoms with Crippen LogP contribution < -0.4 is 0 Å². The van der Waals surface area contributed by atoms with E-state index in [1.54, 1.807) is 24.3 Å². The zero-order valence-electron chi connectivity index (χ0n) is 24.4. The summed E-state index contributed by atoms with van der Waals surface area (Å²) >= 11 is 0. The van der Waals surface area contributed by atoms with E-state index in [0.717, 1.165) is 38.5 Å². The van der Waals surface area contributed by atoms with Crippen LogP contribution in [0.25, 0.3) is 0 Å². The van der Waals surface area contributed by atoms with Gasteiger partial charge >= 0.3 is 11.9 Å². The van der Waals surface area contributed by atoms with E-state index in [4.69, 9.17) is 10.2 Å². The zero-order chi connectivity index (χ0) is 29.3. The molecule has 6 heteroatoms. The van der Waals surface area contributed by atoms with Gasteiger partial charge in [-0.1, -0.05) is 85.6 Å². The highest BCUT2D eigenvalue weighted by molar-refractivity contribution is 5.87. The normalized spacial score (nSPS) is 13.0. The molecular formula is C32H50O6. The van der Waals surface area contributed by atoms with Crippen LogP contribution in [0, 0.1) is 17.8 Å². The Labute approximate surface area is 229 Å². The van der Waals surface area contributed by atoms with E-state index in [-0.39, 0.29) is 18.1 Å². The number of carboxylic acid groups (broad SMARTS) is 2. The van der Waals surface area contributed by atoms with Crippen molar-refractivity contribution in [1.29, 1.82) is 0 Å². The molecule has 0 amide bonds. The minimum absolute atomic E-state index is 0.0184. The molecule has 0 aliphatic carbocycles. The maximum absolute atomic E-state index is 10.5. The van der Waals surface area contributed by atoms with Crippen molar-refractivity contribution in [1.82, 2.24) is 0 Å². The fourth-order valence-corrected chi connectivity index (χ4v) is 3.88. The fraction of sp³-hybridized carbons (Fsp3) is 0.562. The van der Waals surface area contributed by atoms with Crippen LogP contribution in [-0.2, 0) is 12.8 Å². The molecule has 2 atom stereocenters. The van der Waals surface area contributed by atoms with E-state index in [9.17, 15) is 19.8 Å². The molecule has 4 N–H and O–H groups in total. The van der Waals surface area contributed by atoms with Gasteiger partial charge in [-0.25, -0.2) is 9.59 Å². The van der Waals surface area contributed by atoms with Crippen LogP contribution >= 0.6 is 0 Å². The molecule has 2 unspecified atom stereocenters. The smallest absolute Gasteiger partial charge is 0.335 e. The average molecular weight is 531 g/mol. The molecule has 0 saturated carbocycles. The number of rotatable bonds is 12. The Hall–Kier alpha value is -2.70. The molecule has 6 nitrogen and oxygen atoms in total. The van der Waals surface area contributed by atoms with Crippen molar-refractivity contribution in [3.05, 3.63) is 70.8 Å². The summed E-state index contributed by atoms with van der Waals surface area (Å²) in [7, 11) is 0. The highest BCUT2D eigenvalue weighted by Gasteiger charge is 2.20.